The molecule has 0 saturated carbocycles. The summed E-state index contributed by atoms with van der Waals surface area (Å²) in [6.07, 6.45) is 1.54. The fourth-order valence-electron chi connectivity index (χ4n) is 1.73. The first-order valence-electron chi connectivity index (χ1n) is 5.71. The second-order valence-corrected chi connectivity index (χ2v) is 4.71. The van der Waals surface area contributed by atoms with Gasteiger partial charge in [0.25, 0.3) is 0 Å². The highest BCUT2D eigenvalue weighted by Crippen LogP contribution is 2.26. The first-order chi connectivity index (χ1) is 9.04. The number of benzene rings is 1. The smallest absolute Gasteiger partial charge is 0.358 e. The first kappa shape index (κ1) is 13.9. The highest BCUT2D eigenvalue weighted by molar-refractivity contribution is 6.35. The molecule has 4 nitrogen and oxygen atoms in total. The van der Waals surface area contributed by atoms with Gasteiger partial charge in [-0.3, -0.25) is 0 Å². The average molecular weight is 299 g/mol. The maximum absolute atomic E-state index is 11.7. The Balaban J connectivity index is 2.44. The van der Waals surface area contributed by atoms with Gasteiger partial charge in [-0.05, 0) is 32.0 Å². The minimum absolute atomic E-state index is 0.285. The number of imidazole rings is 1. The van der Waals surface area contributed by atoms with Crippen LogP contribution in [-0.4, -0.2) is 22.1 Å². The number of hydrogen-bond acceptors (Lipinski definition) is 3. The summed E-state index contributed by atoms with van der Waals surface area (Å²) < 4.78 is 6.67. The Morgan fingerprint density at radius 1 is 1.42 bits per heavy atom. The largest absolute Gasteiger partial charge is 0.461 e. The van der Waals surface area contributed by atoms with Crippen molar-refractivity contribution in [2.45, 2.75) is 13.8 Å². The molecule has 0 atom stereocenters. The Kier molecular flexibility index (Phi) is 4.12. The zero-order valence-corrected chi connectivity index (χ0v) is 12.0. The molecule has 0 saturated heterocycles. The van der Waals surface area contributed by atoms with Crippen molar-refractivity contribution in [2.24, 2.45) is 0 Å². The summed E-state index contributed by atoms with van der Waals surface area (Å²) in [6, 6.07) is 5.14. The predicted octanol–water partition coefficient (Wildman–Crippen LogP) is 3.66. The lowest BCUT2D eigenvalue weighted by Gasteiger charge is -2.08. The van der Waals surface area contributed by atoms with Crippen LogP contribution < -0.4 is 0 Å². The van der Waals surface area contributed by atoms with Crippen molar-refractivity contribution in [2.75, 3.05) is 6.61 Å². The molecule has 0 aliphatic rings. The highest BCUT2D eigenvalue weighted by atomic mass is 35.5. The maximum Gasteiger partial charge on any atom is 0.358 e. The molecule has 2 aromatic rings. The van der Waals surface area contributed by atoms with Gasteiger partial charge in [-0.15, -0.1) is 0 Å². The zero-order chi connectivity index (χ0) is 14.0. The van der Waals surface area contributed by atoms with Crippen LogP contribution in [0.5, 0.6) is 0 Å². The van der Waals surface area contributed by atoms with Crippen LogP contribution in [0.2, 0.25) is 10.0 Å². The predicted molar refractivity (Wildman–Crippen MR) is 74.3 cm³/mol. The Morgan fingerprint density at radius 3 is 2.79 bits per heavy atom. The van der Waals surface area contributed by atoms with Crippen molar-refractivity contribution in [3.8, 4) is 5.69 Å². The molecule has 2 rings (SSSR count). The van der Waals surface area contributed by atoms with Gasteiger partial charge in [-0.1, -0.05) is 23.2 Å². The summed E-state index contributed by atoms with van der Waals surface area (Å²) in [5, 5.41) is 1.04. The van der Waals surface area contributed by atoms with Crippen molar-refractivity contribution in [3.63, 3.8) is 0 Å². The lowest BCUT2D eigenvalue weighted by Crippen LogP contribution is -2.07. The number of rotatable bonds is 3. The van der Waals surface area contributed by atoms with E-state index < -0.39 is 5.97 Å². The van der Waals surface area contributed by atoms with E-state index in [9.17, 15) is 4.79 Å². The second-order valence-electron chi connectivity index (χ2n) is 3.86. The molecular formula is C13H12Cl2N2O2. The van der Waals surface area contributed by atoms with Crippen LogP contribution in [0, 0.1) is 6.92 Å². The molecule has 19 heavy (non-hydrogen) atoms. The molecule has 1 aromatic carbocycles. The molecule has 6 heteroatoms. The summed E-state index contributed by atoms with van der Waals surface area (Å²) in [7, 11) is 0. The van der Waals surface area contributed by atoms with Crippen molar-refractivity contribution in [3.05, 3.63) is 46.0 Å². The molecule has 0 spiro atoms. The maximum atomic E-state index is 11.7. The molecule has 0 bridgehead atoms. The molecule has 0 unspecified atom stereocenters. The van der Waals surface area contributed by atoms with Crippen LogP contribution in [0.15, 0.2) is 24.5 Å². The number of ether oxygens (including phenoxy) is 1. The van der Waals surface area contributed by atoms with Gasteiger partial charge >= 0.3 is 5.97 Å². The Bertz CT molecular complexity index is 623. The molecule has 1 aromatic heterocycles. The summed E-state index contributed by atoms with van der Waals surface area (Å²) in [6.45, 7) is 3.84. The number of halogens is 2. The highest BCUT2D eigenvalue weighted by Gasteiger charge is 2.17. The van der Waals surface area contributed by atoms with Crippen LogP contribution in [0.4, 0.5) is 0 Å². The van der Waals surface area contributed by atoms with Crippen LogP contribution in [0.25, 0.3) is 5.69 Å². The van der Waals surface area contributed by atoms with E-state index in [-0.39, 0.29) is 5.69 Å². The fourth-order valence-corrected chi connectivity index (χ4v) is 2.23. The van der Waals surface area contributed by atoms with Crippen LogP contribution in [0.3, 0.4) is 0 Å². The van der Waals surface area contributed by atoms with Gasteiger partial charge < -0.3 is 9.30 Å². The lowest BCUT2D eigenvalue weighted by atomic mass is 10.3. The number of carbonyl (C=O) groups excluding carboxylic acids is 1. The van der Waals surface area contributed by atoms with Crippen LogP contribution in [-0.2, 0) is 4.74 Å². The lowest BCUT2D eigenvalue weighted by molar-refractivity contribution is 0.0519. The topological polar surface area (TPSA) is 44.1 Å². The number of nitrogens with zero attached hydrogens (tertiary/aromatic N) is 2. The number of carbonyl (C=O) groups is 1. The van der Waals surface area contributed by atoms with Crippen molar-refractivity contribution in [1.29, 1.82) is 0 Å². The van der Waals surface area contributed by atoms with E-state index in [1.165, 1.54) is 6.33 Å². The van der Waals surface area contributed by atoms with E-state index in [0.717, 1.165) is 0 Å². The minimum atomic E-state index is -0.441. The van der Waals surface area contributed by atoms with E-state index in [1.807, 2.05) is 0 Å². The van der Waals surface area contributed by atoms with Crippen molar-refractivity contribution in [1.82, 2.24) is 9.55 Å². The van der Waals surface area contributed by atoms with Gasteiger partial charge in [-0.2, -0.15) is 0 Å². The number of esters is 1. The molecular weight excluding hydrogens is 287 g/mol. The van der Waals surface area contributed by atoms with E-state index in [1.54, 1.807) is 36.6 Å². The van der Waals surface area contributed by atoms with Crippen LogP contribution in [0.1, 0.15) is 23.1 Å². The SMILES string of the molecule is CCOC(=O)c1ncn(-c2ccc(Cl)cc2Cl)c1C. The molecule has 1 heterocycles. The second kappa shape index (κ2) is 5.63. The zero-order valence-electron chi connectivity index (χ0n) is 10.5. The fraction of sp³-hybridized carbons (Fsp3) is 0.231. The molecule has 0 radical (unpaired) electrons. The van der Waals surface area contributed by atoms with Crippen molar-refractivity contribution < 1.29 is 9.53 Å². The van der Waals surface area contributed by atoms with Gasteiger partial charge in [0, 0.05) is 5.02 Å². The van der Waals surface area contributed by atoms with E-state index in [0.29, 0.717) is 28.0 Å². The van der Waals surface area contributed by atoms with Gasteiger partial charge in [0.2, 0.25) is 0 Å². The molecule has 0 aliphatic carbocycles. The van der Waals surface area contributed by atoms with Gasteiger partial charge in [0.1, 0.15) is 6.33 Å². The minimum Gasteiger partial charge on any atom is -0.461 e. The summed E-state index contributed by atoms with van der Waals surface area (Å²) in [5.41, 5.74) is 1.67. The van der Waals surface area contributed by atoms with E-state index in [2.05, 4.69) is 4.98 Å². The normalized spacial score (nSPS) is 10.5. The standard InChI is InChI=1S/C13H12Cl2N2O2/c1-3-19-13(18)12-8(2)17(7-16-12)11-5-4-9(14)6-10(11)15/h4-7H,3H2,1-2H3. The third-order valence-electron chi connectivity index (χ3n) is 2.64. The molecule has 0 fully saturated rings. The quantitative estimate of drug-likeness (QED) is 0.812. The third kappa shape index (κ3) is 2.74. The summed E-state index contributed by atoms with van der Waals surface area (Å²) in [5.74, 6) is -0.441. The number of aromatic nitrogens is 2. The Hall–Kier alpha value is -1.52. The van der Waals surface area contributed by atoms with E-state index in [4.69, 9.17) is 27.9 Å². The average Bonchev–Trinajstić information content (AvgIpc) is 2.72. The van der Waals surface area contributed by atoms with E-state index >= 15 is 0 Å². The summed E-state index contributed by atoms with van der Waals surface area (Å²) in [4.78, 5) is 15.8. The van der Waals surface area contributed by atoms with Gasteiger partial charge in [-0.25, -0.2) is 9.78 Å². The van der Waals surface area contributed by atoms with Crippen LogP contribution >= 0.6 is 23.2 Å². The molecule has 0 amide bonds. The Labute approximate surface area is 120 Å². The van der Waals surface area contributed by atoms with Gasteiger partial charge in [0.05, 0.1) is 23.0 Å². The molecule has 100 valence electrons. The van der Waals surface area contributed by atoms with Crippen molar-refractivity contribution >= 4 is 29.2 Å². The monoisotopic (exact) mass is 298 g/mol. The first-order valence-corrected chi connectivity index (χ1v) is 6.46. The third-order valence-corrected chi connectivity index (χ3v) is 3.18. The van der Waals surface area contributed by atoms with Gasteiger partial charge in [0.15, 0.2) is 5.69 Å². The number of hydrogen-bond donors (Lipinski definition) is 0. The molecule has 0 aliphatic heterocycles. The Morgan fingerprint density at radius 2 is 2.16 bits per heavy atom. The molecule has 0 N–H and O–H groups in total. The summed E-state index contributed by atoms with van der Waals surface area (Å²) >= 11 is 12.0.